The minimum absolute atomic E-state index is 0.0153. The standard InChI is InChI=1S/C20H28N4O2/c1-13(16-6-10-18(26-5)11-7-16)21-20(25)24(17-8-9-17)12-19-14(2)22-23(4)15(19)3/h6-7,10-11,13,17H,8-9,12H2,1-5H3,(H,21,25)/t13-/m1/s1. The van der Waals surface area contributed by atoms with Gasteiger partial charge in [0.15, 0.2) is 0 Å². The van der Waals surface area contributed by atoms with Gasteiger partial charge in [0, 0.05) is 24.3 Å². The number of hydrogen-bond acceptors (Lipinski definition) is 3. The SMILES string of the molecule is COc1ccc([C@@H](C)NC(=O)N(Cc2c(C)nn(C)c2C)C2CC2)cc1. The van der Waals surface area contributed by atoms with Crippen LogP contribution in [0.3, 0.4) is 0 Å². The molecule has 140 valence electrons. The normalized spacial score (nSPS) is 14.8. The van der Waals surface area contributed by atoms with Crippen molar-refractivity contribution in [2.24, 2.45) is 7.05 Å². The Kier molecular flexibility index (Phi) is 5.20. The van der Waals surface area contributed by atoms with Gasteiger partial charge in [0.25, 0.3) is 0 Å². The third-order valence-electron chi connectivity index (χ3n) is 5.19. The Hall–Kier alpha value is -2.50. The van der Waals surface area contributed by atoms with Gasteiger partial charge in [0.2, 0.25) is 0 Å². The highest BCUT2D eigenvalue weighted by Gasteiger charge is 2.34. The molecule has 26 heavy (non-hydrogen) atoms. The van der Waals surface area contributed by atoms with Gasteiger partial charge in [-0.15, -0.1) is 0 Å². The molecule has 3 rings (SSSR count). The summed E-state index contributed by atoms with van der Waals surface area (Å²) in [5.74, 6) is 0.814. The summed E-state index contributed by atoms with van der Waals surface area (Å²) in [5.41, 5.74) is 4.31. The second kappa shape index (κ2) is 7.40. The number of carbonyl (C=O) groups is 1. The van der Waals surface area contributed by atoms with Crippen molar-refractivity contribution in [3.63, 3.8) is 0 Å². The summed E-state index contributed by atoms with van der Waals surface area (Å²) in [6, 6.07) is 8.06. The summed E-state index contributed by atoms with van der Waals surface area (Å²) >= 11 is 0. The Morgan fingerprint density at radius 2 is 2.00 bits per heavy atom. The number of rotatable bonds is 6. The van der Waals surface area contributed by atoms with Crippen LogP contribution in [0.5, 0.6) is 5.75 Å². The second-order valence-electron chi connectivity index (χ2n) is 7.08. The molecule has 1 saturated carbocycles. The van der Waals surface area contributed by atoms with Crippen LogP contribution in [0.1, 0.15) is 48.3 Å². The van der Waals surface area contributed by atoms with Crippen LogP contribution in [0.2, 0.25) is 0 Å². The van der Waals surface area contributed by atoms with Gasteiger partial charge in [-0.25, -0.2) is 4.79 Å². The molecule has 1 fully saturated rings. The highest BCUT2D eigenvalue weighted by molar-refractivity contribution is 5.75. The average molecular weight is 356 g/mol. The van der Waals surface area contributed by atoms with Gasteiger partial charge >= 0.3 is 6.03 Å². The summed E-state index contributed by atoms with van der Waals surface area (Å²) in [5, 5.41) is 7.61. The molecule has 1 aromatic heterocycles. The number of urea groups is 1. The summed E-state index contributed by atoms with van der Waals surface area (Å²) in [6.07, 6.45) is 2.14. The molecule has 6 heteroatoms. The molecular weight excluding hydrogens is 328 g/mol. The van der Waals surface area contributed by atoms with Gasteiger partial charge in [-0.3, -0.25) is 4.68 Å². The zero-order chi connectivity index (χ0) is 18.8. The molecule has 1 aliphatic carbocycles. The van der Waals surface area contributed by atoms with E-state index in [9.17, 15) is 4.79 Å². The predicted octanol–water partition coefficient (Wildman–Crippen LogP) is 3.48. The van der Waals surface area contributed by atoms with E-state index in [2.05, 4.69) is 17.3 Å². The van der Waals surface area contributed by atoms with E-state index in [0.29, 0.717) is 12.6 Å². The minimum Gasteiger partial charge on any atom is -0.497 e. The Bertz CT molecular complexity index is 778. The lowest BCUT2D eigenvalue weighted by Crippen LogP contribution is -2.42. The third-order valence-corrected chi connectivity index (χ3v) is 5.19. The first kappa shape index (κ1) is 18.3. The van der Waals surface area contributed by atoms with Crippen LogP contribution in [-0.2, 0) is 13.6 Å². The van der Waals surface area contributed by atoms with Crippen LogP contribution in [-0.4, -0.2) is 33.9 Å². The van der Waals surface area contributed by atoms with Crippen molar-refractivity contribution in [3.8, 4) is 5.75 Å². The molecule has 0 radical (unpaired) electrons. The van der Waals surface area contributed by atoms with E-state index in [4.69, 9.17) is 4.74 Å². The second-order valence-corrected chi connectivity index (χ2v) is 7.08. The first-order chi connectivity index (χ1) is 12.4. The number of benzene rings is 1. The van der Waals surface area contributed by atoms with Crippen molar-refractivity contribution in [3.05, 3.63) is 46.8 Å². The highest BCUT2D eigenvalue weighted by Crippen LogP contribution is 2.30. The first-order valence-electron chi connectivity index (χ1n) is 9.11. The molecule has 0 aliphatic heterocycles. The molecule has 1 atom stereocenters. The lowest BCUT2D eigenvalue weighted by Gasteiger charge is -2.25. The van der Waals surface area contributed by atoms with Crippen LogP contribution < -0.4 is 10.1 Å². The molecule has 0 saturated heterocycles. The Labute approximate surface area is 155 Å². The summed E-state index contributed by atoms with van der Waals surface area (Å²) < 4.78 is 7.08. The molecule has 0 spiro atoms. The maximum Gasteiger partial charge on any atom is 0.318 e. The number of hydrogen-bond donors (Lipinski definition) is 1. The Morgan fingerprint density at radius 1 is 1.35 bits per heavy atom. The van der Waals surface area contributed by atoms with Gasteiger partial charge < -0.3 is 15.0 Å². The number of methoxy groups -OCH3 is 1. The minimum atomic E-state index is -0.0641. The van der Waals surface area contributed by atoms with E-state index in [1.165, 1.54) is 0 Å². The summed E-state index contributed by atoms with van der Waals surface area (Å²) in [4.78, 5) is 14.9. The van der Waals surface area contributed by atoms with Gasteiger partial charge in [-0.2, -0.15) is 5.10 Å². The van der Waals surface area contributed by atoms with Gasteiger partial charge in [0.1, 0.15) is 5.75 Å². The monoisotopic (exact) mass is 356 g/mol. The largest absolute Gasteiger partial charge is 0.497 e. The number of amides is 2. The van der Waals surface area contributed by atoms with Crippen LogP contribution >= 0.6 is 0 Å². The number of nitrogens with zero attached hydrogens (tertiary/aromatic N) is 3. The fourth-order valence-corrected chi connectivity index (χ4v) is 3.21. The topological polar surface area (TPSA) is 59.4 Å². The van der Waals surface area contributed by atoms with Crippen molar-refractivity contribution in [2.45, 2.75) is 52.2 Å². The van der Waals surface area contributed by atoms with E-state index in [1.54, 1.807) is 7.11 Å². The van der Waals surface area contributed by atoms with Gasteiger partial charge in [0.05, 0.1) is 25.4 Å². The van der Waals surface area contributed by atoms with Crippen molar-refractivity contribution in [2.75, 3.05) is 7.11 Å². The van der Waals surface area contributed by atoms with E-state index >= 15 is 0 Å². The fourth-order valence-electron chi connectivity index (χ4n) is 3.21. The van der Waals surface area contributed by atoms with E-state index in [1.807, 2.05) is 54.7 Å². The number of carbonyl (C=O) groups excluding carboxylic acids is 1. The number of aryl methyl sites for hydroxylation is 2. The van der Waals surface area contributed by atoms with E-state index in [0.717, 1.165) is 41.1 Å². The summed E-state index contributed by atoms with van der Waals surface area (Å²) in [6.45, 7) is 6.67. The summed E-state index contributed by atoms with van der Waals surface area (Å²) in [7, 11) is 3.59. The van der Waals surface area contributed by atoms with Crippen LogP contribution in [0.25, 0.3) is 0 Å². The average Bonchev–Trinajstić information content (AvgIpc) is 3.43. The Morgan fingerprint density at radius 3 is 2.50 bits per heavy atom. The lowest BCUT2D eigenvalue weighted by atomic mass is 10.1. The molecule has 6 nitrogen and oxygen atoms in total. The fraction of sp³-hybridized carbons (Fsp3) is 0.500. The third kappa shape index (κ3) is 3.84. The van der Waals surface area contributed by atoms with Gasteiger partial charge in [-0.1, -0.05) is 12.1 Å². The molecular formula is C20H28N4O2. The van der Waals surface area contributed by atoms with E-state index in [-0.39, 0.29) is 12.1 Å². The molecule has 2 amide bonds. The number of ether oxygens (including phenoxy) is 1. The van der Waals surface area contributed by atoms with Crippen molar-refractivity contribution in [1.29, 1.82) is 0 Å². The van der Waals surface area contributed by atoms with Crippen LogP contribution in [0.4, 0.5) is 4.79 Å². The lowest BCUT2D eigenvalue weighted by molar-refractivity contribution is 0.188. The zero-order valence-electron chi connectivity index (χ0n) is 16.2. The van der Waals surface area contributed by atoms with Crippen LogP contribution in [0.15, 0.2) is 24.3 Å². The maximum atomic E-state index is 12.9. The van der Waals surface area contributed by atoms with Crippen molar-refractivity contribution < 1.29 is 9.53 Å². The zero-order valence-corrected chi connectivity index (χ0v) is 16.2. The molecule has 1 N–H and O–H groups in total. The first-order valence-corrected chi connectivity index (χ1v) is 9.11. The van der Waals surface area contributed by atoms with Crippen molar-refractivity contribution >= 4 is 6.03 Å². The number of nitrogens with one attached hydrogen (secondary N) is 1. The molecule has 2 aromatic rings. The molecule has 1 aromatic carbocycles. The Balaban J connectivity index is 1.70. The van der Waals surface area contributed by atoms with E-state index < -0.39 is 0 Å². The number of aromatic nitrogens is 2. The smallest absolute Gasteiger partial charge is 0.318 e. The highest BCUT2D eigenvalue weighted by atomic mass is 16.5. The molecule has 0 unspecified atom stereocenters. The van der Waals surface area contributed by atoms with Crippen LogP contribution in [0, 0.1) is 13.8 Å². The molecule has 1 aliphatic rings. The predicted molar refractivity (Wildman–Crippen MR) is 101 cm³/mol. The van der Waals surface area contributed by atoms with Gasteiger partial charge in [-0.05, 0) is 51.3 Å². The quantitative estimate of drug-likeness (QED) is 0.862. The molecule has 1 heterocycles. The van der Waals surface area contributed by atoms with Crippen molar-refractivity contribution in [1.82, 2.24) is 20.0 Å². The molecule has 0 bridgehead atoms. The maximum absolute atomic E-state index is 12.9.